The Labute approximate surface area is 160 Å². The highest BCUT2D eigenvalue weighted by Crippen LogP contribution is 2.53. The van der Waals surface area contributed by atoms with Crippen LogP contribution in [0.1, 0.15) is 36.8 Å². The van der Waals surface area contributed by atoms with Gasteiger partial charge in [0.05, 0.1) is 6.61 Å². The average molecular weight is 360 g/mol. The highest BCUT2D eigenvalue weighted by atomic mass is 16.5. The summed E-state index contributed by atoms with van der Waals surface area (Å²) in [5, 5.41) is 0. The molecule has 1 aliphatic carbocycles. The van der Waals surface area contributed by atoms with Gasteiger partial charge in [0, 0.05) is 12.3 Å². The van der Waals surface area contributed by atoms with Crippen molar-refractivity contribution >= 4 is 17.3 Å². The van der Waals surface area contributed by atoms with Crippen LogP contribution in [0.2, 0.25) is 0 Å². The lowest BCUT2D eigenvalue weighted by atomic mass is 9.60. The first kappa shape index (κ1) is 18.8. The van der Waals surface area contributed by atoms with E-state index in [4.69, 9.17) is 4.74 Å². The van der Waals surface area contributed by atoms with Crippen molar-refractivity contribution in [2.24, 2.45) is 5.41 Å². The second-order valence-electron chi connectivity index (χ2n) is 6.71. The maximum absolute atomic E-state index is 13.4. The fourth-order valence-corrected chi connectivity index (χ4v) is 3.98. The van der Waals surface area contributed by atoms with Crippen molar-refractivity contribution in [1.29, 1.82) is 0 Å². The molecule has 0 aliphatic heterocycles. The quantitative estimate of drug-likeness (QED) is 0.541. The Morgan fingerprint density at radius 3 is 2.37 bits per heavy atom. The second-order valence-corrected chi connectivity index (χ2v) is 6.71. The van der Waals surface area contributed by atoms with Crippen molar-refractivity contribution in [3.63, 3.8) is 0 Å². The molecule has 0 saturated carbocycles. The van der Waals surface area contributed by atoms with E-state index < -0.39 is 5.41 Å². The van der Waals surface area contributed by atoms with Crippen molar-refractivity contribution in [2.45, 2.75) is 25.7 Å². The summed E-state index contributed by atoms with van der Waals surface area (Å²) < 4.78 is 5.54. The monoisotopic (exact) mass is 360 g/mol. The minimum Gasteiger partial charge on any atom is -0.465 e. The maximum atomic E-state index is 13.4. The van der Waals surface area contributed by atoms with E-state index in [2.05, 4.69) is 6.58 Å². The highest BCUT2D eigenvalue weighted by Gasteiger charge is 2.51. The lowest BCUT2D eigenvalue weighted by Crippen LogP contribution is -2.42. The summed E-state index contributed by atoms with van der Waals surface area (Å²) in [5.74, 6) is -0.566. The standard InChI is InChI=1S/C24H24O3/c1-3-21(18-11-7-5-8-12-18)24(23(26)27-4-2)16-15-20(25)17-22(24)19-13-9-6-10-14-19/h3,5-14,17,21H,1,4,15-16H2,2H3/t21-,24+/m0/s1. The molecule has 0 N–H and O–H groups in total. The Morgan fingerprint density at radius 2 is 1.78 bits per heavy atom. The molecule has 3 heteroatoms. The van der Waals surface area contributed by atoms with Gasteiger partial charge in [-0.2, -0.15) is 0 Å². The SMILES string of the molecule is C=C[C@@H](c1ccccc1)[C@]1(C(=O)OCC)CCC(=O)C=C1c1ccccc1. The van der Waals surface area contributed by atoms with Gasteiger partial charge in [-0.15, -0.1) is 6.58 Å². The minimum absolute atomic E-state index is 0.0321. The van der Waals surface area contributed by atoms with Crippen molar-refractivity contribution in [3.05, 3.63) is 90.5 Å². The number of allylic oxidation sites excluding steroid dienone is 2. The normalized spacial score (nSPS) is 20.5. The Kier molecular flexibility index (Phi) is 5.70. The zero-order chi connectivity index (χ0) is 19.3. The summed E-state index contributed by atoms with van der Waals surface area (Å²) in [5.41, 5.74) is 1.58. The van der Waals surface area contributed by atoms with Gasteiger partial charge in [-0.05, 0) is 36.1 Å². The van der Waals surface area contributed by atoms with Crippen LogP contribution in [-0.2, 0) is 14.3 Å². The number of hydrogen-bond acceptors (Lipinski definition) is 3. The molecule has 27 heavy (non-hydrogen) atoms. The molecule has 2 atom stereocenters. The molecule has 0 heterocycles. The third-order valence-corrected chi connectivity index (χ3v) is 5.20. The molecule has 0 saturated heterocycles. The van der Waals surface area contributed by atoms with Crippen molar-refractivity contribution in [3.8, 4) is 0 Å². The highest BCUT2D eigenvalue weighted by molar-refractivity contribution is 6.06. The zero-order valence-electron chi connectivity index (χ0n) is 15.6. The Hall–Kier alpha value is -2.94. The lowest BCUT2D eigenvalue weighted by molar-refractivity contribution is -0.153. The smallest absolute Gasteiger partial charge is 0.317 e. The van der Waals surface area contributed by atoms with Gasteiger partial charge in [0.1, 0.15) is 5.41 Å². The van der Waals surface area contributed by atoms with E-state index >= 15 is 0 Å². The van der Waals surface area contributed by atoms with Crippen LogP contribution in [0.25, 0.3) is 5.57 Å². The third kappa shape index (κ3) is 3.50. The van der Waals surface area contributed by atoms with Crippen LogP contribution in [0.3, 0.4) is 0 Å². The number of ether oxygens (including phenoxy) is 1. The van der Waals surface area contributed by atoms with E-state index in [-0.39, 0.29) is 24.3 Å². The van der Waals surface area contributed by atoms with E-state index in [9.17, 15) is 9.59 Å². The molecule has 2 aromatic rings. The molecule has 0 radical (unpaired) electrons. The lowest BCUT2D eigenvalue weighted by Gasteiger charge is -2.41. The Bertz CT molecular complexity index is 852. The van der Waals surface area contributed by atoms with E-state index in [0.717, 1.165) is 11.1 Å². The molecule has 0 aromatic heterocycles. The number of hydrogen-bond donors (Lipinski definition) is 0. The number of ketones is 1. The first-order valence-corrected chi connectivity index (χ1v) is 9.28. The Morgan fingerprint density at radius 1 is 1.15 bits per heavy atom. The molecule has 1 aliphatic rings. The summed E-state index contributed by atoms with van der Waals surface area (Å²) in [6.07, 6.45) is 4.14. The van der Waals surface area contributed by atoms with Crippen LogP contribution in [0.4, 0.5) is 0 Å². The minimum atomic E-state index is -0.978. The third-order valence-electron chi connectivity index (χ3n) is 5.20. The zero-order valence-corrected chi connectivity index (χ0v) is 15.6. The van der Waals surface area contributed by atoms with Gasteiger partial charge < -0.3 is 4.74 Å². The predicted molar refractivity (Wildman–Crippen MR) is 107 cm³/mol. The van der Waals surface area contributed by atoms with Crippen molar-refractivity contribution < 1.29 is 14.3 Å². The largest absolute Gasteiger partial charge is 0.465 e. The summed E-state index contributed by atoms with van der Waals surface area (Å²) in [7, 11) is 0. The summed E-state index contributed by atoms with van der Waals surface area (Å²) in [6, 6.07) is 19.4. The fraction of sp³-hybridized carbons (Fsp3) is 0.250. The molecule has 138 valence electrons. The number of esters is 1. The second kappa shape index (κ2) is 8.17. The summed E-state index contributed by atoms with van der Waals surface area (Å²) >= 11 is 0. The molecule has 0 amide bonds. The van der Waals surface area contributed by atoms with Crippen LogP contribution in [0.15, 0.2) is 79.4 Å². The number of benzene rings is 2. The number of rotatable bonds is 6. The van der Waals surface area contributed by atoms with Gasteiger partial charge >= 0.3 is 5.97 Å². The van der Waals surface area contributed by atoms with Crippen molar-refractivity contribution in [1.82, 2.24) is 0 Å². The molecule has 0 fully saturated rings. The van der Waals surface area contributed by atoms with Gasteiger partial charge in [-0.3, -0.25) is 9.59 Å². The number of carbonyl (C=O) groups is 2. The Balaban J connectivity index is 2.25. The first-order chi connectivity index (χ1) is 13.1. The predicted octanol–water partition coefficient (Wildman–Crippen LogP) is 4.95. The van der Waals surface area contributed by atoms with Crippen LogP contribution in [-0.4, -0.2) is 18.4 Å². The number of carbonyl (C=O) groups excluding carboxylic acids is 2. The molecule has 0 bridgehead atoms. The molecular formula is C24H24O3. The molecule has 3 rings (SSSR count). The van der Waals surface area contributed by atoms with E-state index in [1.807, 2.05) is 60.7 Å². The average Bonchev–Trinajstić information content (AvgIpc) is 2.71. The summed E-state index contributed by atoms with van der Waals surface area (Å²) in [6.45, 7) is 6.12. The topological polar surface area (TPSA) is 43.4 Å². The van der Waals surface area contributed by atoms with E-state index in [1.54, 1.807) is 19.1 Å². The van der Waals surface area contributed by atoms with Crippen molar-refractivity contribution in [2.75, 3.05) is 6.61 Å². The molecule has 3 nitrogen and oxygen atoms in total. The van der Waals surface area contributed by atoms with Crippen LogP contribution in [0.5, 0.6) is 0 Å². The summed E-state index contributed by atoms with van der Waals surface area (Å²) in [4.78, 5) is 25.7. The maximum Gasteiger partial charge on any atom is 0.317 e. The van der Waals surface area contributed by atoms with Crippen LogP contribution >= 0.6 is 0 Å². The van der Waals surface area contributed by atoms with Gasteiger partial charge in [-0.25, -0.2) is 0 Å². The van der Waals surface area contributed by atoms with Crippen LogP contribution in [0, 0.1) is 5.41 Å². The molecule has 0 unspecified atom stereocenters. The molecule has 2 aromatic carbocycles. The van der Waals surface area contributed by atoms with E-state index in [1.165, 1.54) is 0 Å². The molecular weight excluding hydrogens is 336 g/mol. The van der Waals surface area contributed by atoms with Gasteiger partial charge in [0.25, 0.3) is 0 Å². The van der Waals surface area contributed by atoms with Crippen LogP contribution < -0.4 is 0 Å². The van der Waals surface area contributed by atoms with Gasteiger partial charge in [0.2, 0.25) is 0 Å². The van der Waals surface area contributed by atoms with Gasteiger partial charge in [-0.1, -0.05) is 66.7 Å². The fourth-order valence-electron chi connectivity index (χ4n) is 3.98. The van der Waals surface area contributed by atoms with Gasteiger partial charge in [0.15, 0.2) is 5.78 Å². The van der Waals surface area contributed by atoms with E-state index in [0.29, 0.717) is 18.4 Å². The first-order valence-electron chi connectivity index (χ1n) is 9.28. The molecule has 0 spiro atoms.